The highest BCUT2D eigenvalue weighted by molar-refractivity contribution is 6.43. The maximum Gasteiger partial charge on any atom is 0.333 e. The summed E-state index contributed by atoms with van der Waals surface area (Å²) in [6.07, 6.45) is 2.47. The normalized spacial score (nSPS) is 12.9. The SMILES string of the molecule is COc1ccc(-n2c(C(=O)CCc3ccccc3)c3n(c2=O)CCN(c2nncc4cc(Cl)c(Cl)cc24)C3)cc1. The fourth-order valence-corrected chi connectivity index (χ4v) is 5.55. The number of benzene rings is 3. The molecule has 3 aromatic carbocycles. The van der Waals surface area contributed by atoms with E-state index in [0.717, 1.165) is 16.3 Å². The number of imidazole rings is 1. The van der Waals surface area contributed by atoms with Crippen LogP contribution in [-0.2, 0) is 19.5 Å². The van der Waals surface area contributed by atoms with Gasteiger partial charge in [-0.05, 0) is 48.4 Å². The second-order valence-corrected chi connectivity index (χ2v) is 10.4. The fourth-order valence-electron chi connectivity index (χ4n) is 5.21. The minimum absolute atomic E-state index is 0.105. The van der Waals surface area contributed by atoms with Gasteiger partial charge in [-0.15, -0.1) is 5.10 Å². The lowest BCUT2D eigenvalue weighted by Gasteiger charge is -2.29. The van der Waals surface area contributed by atoms with Crippen molar-refractivity contribution in [1.29, 1.82) is 0 Å². The smallest absolute Gasteiger partial charge is 0.333 e. The summed E-state index contributed by atoms with van der Waals surface area (Å²) in [5, 5.41) is 11.0. The standard InChI is InChI=1S/C30H25Cl2N5O3/c1-40-22-10-8-21(9-11-22)37-28(27(38)12-7-19-5-3-2-4-6-19)26-18-35(13-14-36(26)30(37)39)29-23-16-25(32)24(31)15-20(23)17-33-34-29/h2-6,8-11,15-17H,7,12-14,18H2,1H3. The first-order chi connectivity index (χ1) is 19.4. The molecule has 202 valence electrons. The molecule has 1 aliphatic rings. The Bertz CT molecular complexity index is 1780. The maximum atomic E-state index is 13.9. The van der Waals surface area contributed by atoms with Crippen LogP contribution in [0.15, 0.2) is 77.7 Å². The summed E-state index contributed by atoms with van der Waals surface area (Å²) in [7, 11) is 1.59. The maximum absolute atomic E-state index is 13.9. The van der Waals surface area contributed by atoms with Gasteiger partial charge >= 0.3 is 5.69 Å². The molecule has 0 radical (unpaired) electrons. The van der Waals surface area contributed by atoms with Crippen molar-refractivity contribution in [1.82, 2.24) is 19.3 Å². The van der Waals surface area contributed by atoms with Gasteiger partial charge in [-0.1, -0.05) is 53.5 Å². The van der Waals surface area contributed by atoms with Gasteiger partial charge in [0.05, 0.1) is 41.3 Å². The van der Waals surface area contributed by atoms with Crippen LogP contribution in [0, 0.1) is 0 Å². The van der Waals surface area contributed by atoms with Crippen LogP contribution in [-0.4, -0.2) is 38.8 Å². The summed E-state index contributed by atoms with van der Waals surface area (Å²) in [6, 6.07) is 20.5. The highest BCUT2D eigenvalue weighted by atomic mass is 35.5. The van der Waals surface area contributed by atoms with E-state index in [1.54, 1.807) is 54.3 Å². The summed E-state index contributed by atoms with van der Waals surface area (Å²) in [5.74, 6) is 1.18. The average Bonchev–Trinajstić information content (AvgIpc) is 3.28. The number of aryl methyl sites for hydroxylation is 1. The molecule has 0 saturated carbocycles. The number of hydrogen-bond donors (Lipinski definition) is 0. The molecular formula is C30H25Cl2N5O3. The Morgan fingerprint density at radius 3 is 2.50 bits per heavy atom. The van der Waals surface area contributed by atoms with E-state index < -0.39 is 0 Å². The molecule has 0 saturated heterocycles. The number of anilines is 1. The number of hydrogen-bond acceptors (Lipinski definition) is 6. The summed E-state index contributed by atoms with van der Waals surface area (Å²) < 4.78 is 8.52. The van der Waals surface area contributed by atoms with Crippen molar-refractivity contribution in [2.75, 3.05) is 18.6 Å². The Balaban J connectivity index is 1.44. The third-order valence-corrected chi connectivity index (χ3v) is 7.96. The molecule has 0 atom stereocenters. The van der Waals surface area contributed by atoms with Gasteiger partial charge in [0.1, 0.15) is 11.4 Å². The van der Waals surface area contributed by atoms with Crippen LogP contribution in [0.3, 0.4) is 0 Å². The Labute approximate surface area is 240 Å². The van der Waals surface area contributed by atoms with Crippen molar-refractivity contribution in [2.45, 2.75) is 25.9 Å². The van der Waals surface area contributed by atoms with Crippen LogP contribution in [0.2, 0.25) is 10.0 Å². The van der Waals surface area contributed by atoms with Gasteiger partial charge in [0.25, 0.3) is 0 Å². The lowest BCUT2D eigenvalue weighted by molar-refractivity contribution is 0.0974. The number of Topliss-reactive ketones (excluding diaryl/α,β-unsaturated/α-hetero) is 1. The van der Waals surface area contributed by atoms with Gasteiger partial charge in [-0.3, -0.25) is 13.9 Å². The van der Waals surface area contributed by atoms with Crippen LogP contribution in [0.25, 0.3) is 16.5 Å². The molecule has 10 heteroatoms. The molecule has 0 fully saturated rings. The highest BCUT2D eigenvalue weighted by Crippen LogP contribution is 2.33. The summed E-state index contributed by atoms with van der Waals surface area (Å²) in [6.45, 7) is 1.19. The number of ether oxygens (including phenoxy) is 1. The van der Waals surface area contributed by atoms with Crippen LogP contribution in [0.4, 0.5) is 5.82 Å². The molecular weight excluding hydrogens is 549 g/mol. The van der Waals surface area contributed by atoms with Crippen molar-refractivity contribution in [3.8, 4) is 11.4 Å². The quantitative estimate of drug-likeness (QED) is 0.231. The predicted molar refractivity (Wildman–Crippen MR) is 156 cm³/mol. The molecule has 2 aromatic heterocycles. The van der Waals surface area contributed by atoms with Crippen LogP contribution >= 0.6 is 23.2 Å². The van der Waals surface area contributed by atoms with Crippen LogP contribution < -0.4 is 15.3 Å². The van der Waals surface area contributed by atoms with Crippen molar-refractivity contribution in [2.24, 2.45) is 0 Å². The zero-order valence-electron chi connectivity index (χ0n) is 21.7. The van der Waals surface area contributed by atoms with Gasteiger partial charge in [-0.25, -0.2) is 4.79 Å². The molecule has 0 spiro atoms. The van der Waals surface area contributed by atoms with E-state index in [4.69, 9.17) is 27.9 Å². The summed E-state index contributed by atoms with van der Waals surface area (Å²) in [4.78, 5) is 29.7. The molecule has 0 N–H and O–H groups in total. The predicted octanol–water partition coefficient (Wildman–Crippen LogP) is 5.73. The number of halogens is 2. The third kappa shape index (κ3) is 4.74. The number of methoxy groups -OCH3 is 1. The number of carbonyl (C=O) groups excluding carboxylic acids is 1. The van der Waals surface area contributed by atoms with E-state index in [2.05, 4.69) is 10.2 Å². The first kappa shape index (κ1) is 26.1. The second kappa shape index (κ2) is 10.8. The van der Waals surface area contributed by atoms with Gasteiger partial charge in [-0.2, -0.15) is 5.10 Å². The van der Waals surface area contributed by atoms with Gasteiger partial charge < -0.3 is 9.64 Å². The highest BCUT2D eigenvalue weighted by Gasteiger charge is 2.31. The Hall–Kier alpha value is -4.14. The number of carbonyl (C=O) groups is 1. The summed E-state index contributed by atoms with van der Waals surface area (Å²) >= 11 is 12.6. The number of ketones is 1. The first-order valence-corrected chi connectivity index (χ1v) is 13.6. The monoisotopic (exact) mass is 573 g/mol. The van der Waals surface area contributed by atoms with Crippen molar-refractivity contribution < 1.29 is 9.53 Å². The van der Waals surface area contributed by atoms with E-state index in [9.17, 15) is 9.59 Å². The first-order valence-electron chi connectivity index (χ1n) is 12.9. The number of rotatable bonds is 7. The zero-order valence-corrected chi connectivity index (χ0v) is 23.2. The van der Waals surface area contributed by atoms with E-state index in [1.807, 2.05) is 35.2 Å². The Morgan fingerprint density at radius 1 is 1.00 bits per heavy atom. The lowest BCUT2D eigenvalue weighted by atomic mass is 10.0. The van der Waals surface area contributed by atoms with Gasteiger partial charge in [0, 0.05) is 30.3 Å². The topological polar surface area (TPSA) is 82.2 Å². The largest absolute Gasteiger partial charge is 0.497 e. The van der Waals surface area contributed by atoms with E-state index in [-0.39, 0.29) is 17.9 Å². The minimum atomic E-state index is -0.248. The van der Waals surface area contributed by atoms with Crippen molar-refractivity contribution in [3.05, 3.63) is 110 Å². The summed E-state index contributed by atoms with van der Waals surface area (Å²) in [5.41, 5.74) is 2.44. The second-order valence-electron chi connectivity index (χ2n) is 9.62. The molecule has 8 nitrogen and oxygen atoms in total. The number of nitrogens with zero attached hydrogens (tertiary/aromatic N) is 5. The average molecular weight is 574 g/mol. The zero-order chi connectivity index (χ0) is 27.8. The third-order valence-electron chi connectivity index (χ3n) is 7.24. The molecule has 3 heterocycles. The molecule has 0 bridgehead atoms. The number of fused-ring (bicyclic) bond motifs is 2. The lowest BCUT2D eigenvalue weighted by Crippen LogP contribution is -2.38. The van der Waals surface area contributed by atoms with Crippen molar-refractivity contribution in [3.63, 3.8) is 0 Å². The Kier molecular flexibility index (Phi) is 7.04. The number of aromatic nitrogens is 4. The molecule has 1 aliphatic heterocycles. The molecule has 0 aliphatic carbocycles. The molecule has 6 rings (SSSR count). The van der Waals surface area contributed by atoms with E-state index in [0.29, 0.717) is 64.7 Å². The Morgan fingerprint density at radius 2 is 1.75 bits per heavy atom. The molecule has 0 amide bonds. The van der Waals surface area contributed by atoms with Crippen molar-refractivity contribution >= 4 is 45.6 Å². The van der Waals surface area contributed by atoms with Gasteiger partial charge in [0.2, 0.25) is 0 Å². The van der Waals surface area contributed by atoms with Crippen LogP contribution in [0.5, 0.6) is 5.75 Å². The van der Waals surface area contributed by atoms with Gasteiger partial charge in [0.15, 0.2) is 11.6 Å². The van der Waals surface area contributed by atoms with Crippen LogP contribution in [0.1, 0.15) is 28.2 Å². The molecule has 5 aromatic rings. The van der Waals surface area contributed by atoms with E-state index in [1.165, 1.54) is 4.57 Å². The minimum Gasteiger partial charge on any atom is -0.497 e. The molecule has 0 unspecified atom stereocenters. The fraction of sp³-hybridized carbons (Fsp3) is 0.200. The molecule has 40 heavy (non-hydrogen) atoms. The van der Waals surface area contributed by atoms with E-state index >= 15 is 0 Å².